The summed E-state index contributed by atoms with van der Waals surface area (Å²) < 4.78 is 5.47. The third-order valence-corrected chi connectivity index (χ3v) is 4.55. The average Bonchev–Trinajstić information content (AvgIpc) is 3.11. The first-order valence-electron chi connectivity index (χ1n) is 7.00. The smallest absolute Gasteiger partial charge is 0.234 e. The van der Waals surface area contributed by atoms with Crippen molar-refractivity contribution in [1.82, 2.24) is 10.1 Å². The fourth-order valence-electron chi connectivity index (χ4n) is 2.91. The number of nitrogens with zero attached hydrogens (tertiary/aromatic N) is 2. The highest BCUT2D eigenvalue weighted by Gasteiger charge is 2.39. The average molecular weight is 328 g/mol. The molecule has 0 spiro atoms. The molecule has 0 aliphatic heterocycles. The molecule has 1 saturated carbocycles. The summed E-state index contributed by atoms with van der Waals surface area (Å²) in [4.78, 5) is 4.56. The second-order valence-corrected chi connectivity index (χ2v) is 5.88. The van der Waals surface area contributed by atoms with Crippen LogP contribution < -0.4 is 5.73 Å². The molecule has 1 aliphatic carbocycles. The highest BCUT2D eigenvalue weighted by atomic mass is 35.5. The summed E-state index contributed by atoms with van der Waals surface area (Å²) in [7, 11) is 0. The van der Waals surface area contributed by atoms with E-state index in [0.29, 0.717) is 24.7 Å². The van der Waals surface area contributed by atoms with Crippen LogP contribution in [-0.2, 0) is 11.8 Å². The number of benzene rings is 1. The monoisotopic (exact) mass is 327 g/mol. The molecule has 0 bridgehead atoms. The van der Waals surface area contributed by atoms with Crippen LogP contribution in [0.15, 0.2) is 28.8 Å². The number of nitrogens with two attached hydrogens (primary N) is 1. The molecule has 0 unspecified atom stereocenters. The first-order chi connectivity index (χ1) is 9.73. The molecule has 1 aromatic carbocycles. The highest BCUT2D eigenvalue weighted by Crippen LogP contribution is 2.39. The van der Waals surface area contributed by atoms with Crippen molar-refractivity contribution < 1.29 is 4.52 Å². The molecular formula is C15H19Cl2N3O. The van der Waals surface area contributed by atoms with Gasteiger partial charge in [-0.3, -0.25) is 0 Å². The van der Waals surface area contributed by atoms with E-state index in [2.05, 4.69) is 10.1 Å². The largest absolute Gasteiger partial charge is 0.339 e. The lowest BCUT2D eigenvalue weighted by Crippen LogP contribution is -2.32. The molecule has 114 valence electrons. The Labute approximate surface area is 135 Å². The van der Waals surface area contributed by atoms with Crippen LogP contribution in [0.25, 0.3) is 0 Å². The standard InChI is InChI=1S/C15H18ClN3O.ClH/c16-12-6-2-1-5-11(12)9-13-18-14(20-19-13)15(10-17)7-3-4-8-15;/h1-2,5-6H,3-4,7-10,17H2;1H. The van der Waals surface area contributed by atoms with Gasteiger partial charge in [-0.05, 0) is 24.5 Å². The van der Waals surface area contributed by atoms with Crippen molar-refractivity contribution in [1.29, 1.82) is 0 Å². The van der Waals surface area contributed by atoms with E-state index in [0.717, 1.165) is 23.4 Å². The maximum absolute atomic E-state index is 6.16. The summed E-state index contributed by atoms with van der Waals surface area (Å²) in [6.07, 6.45) is 5.02. The number of hydrogen-bond acceptors (Lipinski definition) is 4. The fourth-order valence-corrected chi connectivity index (χ4v) is 3.11. The van der Waals surface area contributed by atoms with Crippen LogP contribution in [0.5, 0.6) is 0 Å². The number of hydrogen-bond donors (Lipinski definition) is 1. The molecule has 2 aromatic rings. The second-order valence-electron chi connectivity index (χ2n) is 5.48. The van der Waals surface area contributed by atoms with E-state index in [-0.39, 0.29) is 17.8 Å². The summed E-state index contributed by atoms with van der Waals surface area (Å²) in [6.45, 7) is 0.570. The van der Waals surface area contributed by atoms with Crippen LogP contribution in [0.3, 0.4) is 0 Å². The van der Waals surface area contributed by atoms with Gasteiger partial charge < -0.3 is 10.3 Å². The lowest BCUT2D eigenvalue weighted by atomic mass is 9.86. The van der Waals surface area contributed by atoms with E-state index in [4.69, 9.17) is 21.9 Å². The van der Waals surface area contributed by atoms with E-state index in [9.17, 15) is 0 Å². The Bertz CT molecular complexity index is 594. The predicted molar refractivity (Wildman–Crippen MR) is 85.0 cm³/mol. The van der Waals surface area contributed by atoms with E-state index >= 15 is 0 Å². The Morgan fingerprint density at radius 2 is 1.95 bits per heavy atom. The van der Waals surface area contributed by atoms with E-state index in [1.165, 1.54) is 12.8 Å². The predicted octanol–water partition coefficient (Wildman–Crippen LogP) is 3.51. The Kier molecular flexibility index (Phi) is 5.25. The summed E-state index contributed by atoms with van der Waals surface area (Å²) in [5, 5.41) is 4.82. The van der Waals surface area contributed by atoms with Crippen molar-refractivity contribution in [2.75, 3.05) is 6.54 Å². The van der Waals surface area contributed by atoms with Crippen molar-refractivity contribution >= 4 is 24.0 Å². The van der Waals surface area contributed by atoms with Gasteiger partial charge in [0.15, 0.2) is 5.82 Å². The second kappa shape index (κ2) is 6.77. The molecule has 0 saturated heterocycles. The molecule has 4 nitrogen and oxygen atoms in total. The minimum Gasteiger partial charge on any atom is -0.339 e. The molecule has 21 heavy (non-hydrogen) atoms. The van der Waals surface area contributed by atoms with E-state index in [1.54, 1.807) is 0 Å². The van der Waals surface area contributed by atoms with Crippen LogP contribution in [0.1, 0.15) is 43.0 Å². The zero-order chi connectivity index (χ0) is 14.0. The minimum absolute atomic E-state index is 0. The van der Waals surface area contributed by atoms with Crippen molar-refractivity contribution in [3.8, 4) is 0 Å². The third kappa shape index (κ3) is 3.23. The maximum atomic E-state index is 6.16. The molecular weight excluding hydrogens is 309 g/mol. The van der Waals surface area contributed by atoms with Gasteiger partial charge in [-0.2, -0.15) is 4.98 Å². The first-order valence-corrected chi connectivity index (χ1v) is 7.38. The third-order valence-electron chi connectivity index (χ3n) is 4.18. The highest BCUT2D eigenvalue weighted by molar-refractivity contribution is 6.31. The molecule has 2 N–H and O–H groups in total. The molecule has 0 atom stereocenters. The zero-order valence-electron chi connectivity index (χ0n) is 11.7. The summed E-state index contributed by atoms with van der Waals surface area (Å²) in [5.41, 5.74) is 6.84. The molecule has 1 heterocycles. The van der Waals surface area contributed by atoms with Gasteiger partial charge >= 0.3 is 0 Å². The minimum atomic E-state index is -0.105. The zero-order valence-corrected chi connectivity index (χ0v) is 13.3. The summed E-state index contributed by atoms with van der Waals surface area (Å²) >= 11 is 6.16. The first kappa shape index (κ1) is 16.3. The van der Waals surface area contributed by atoms with Crippen molar-refractivity contribution in [3.05, 3.63) is 46.6 Å². The van der Waals surface area contributed by atoms with Crippen molar-refractivity contribution in [2.45, 2.75) is 37.5 Å². The Hall–Kier alpha value is -1.10. The van der Waals surface area contributed by atoms with Gasteiger partial charge in [-0.1, -0.05) is 47.8 Å². The van der Waals surface area contributed by atoms with Crippen molar-refractivity contribution in [3.63, 3.8) is 0 Å². The molecule has 1 aliphatic rings. The molecule has 1 fully saturated rings. The van der Waals surface area contributed by atoms with Gasteiger partial charge in [0, 0.05) is 18.0 Å². The molecule has 0 radical (unpaired) electrons. The van der Waals surface area contributed by atoms with E-state index < -0.39 is 0 Å². The quantitative estimate of drug-likeness (QED) is 0.933. The van der Waals surface area contributed by atoms with Crippen LogP contribution >= 0.6 is 24.0 Å². The van der Waals surface area contributed by atoms with Gasteiger partial charge in [-0.15, -0.1) is 12.4 Å². The lowest BCUT2D eigenvalue weighted by Gasteiger charge is -2.21. The van der Waals surface area contributed by atoms with Crippen LogP contribution in [0.2, 0.25) is 5.02 Å². The van der Waals surface area contributed by atoms with Gasteiger partial charge in [-0.25, -0.2) is 0 Å². The molecule has 3 rings (SSSR count). The lowest BCUT2D eigenvalue weighted by molar-refractivity contribution is 0.283. The normalized spacial score (nSPS) is 16.7. The number of halogens is 2. The Morgan fingerprint density at radius 1 is 1.24 bits per heavy atom. The number of aromatic nitrogens is 2. The number of rotatable bonds is 4. The molecule has 0 amide bonds. The molecule has 1 aromatic heterocycles. The van der Waals surface area contributed by atoms with Gasteiger partial charge in [0.1, 0.15) is 0 Å². The Morgan fingerprint density at radius 3 is 2.62 bits per heavy atom. The van der Waals surface area contributed by atoms with Crippen LogP contribution in [0.4, 0.5) is 0 Å². The van der Waals surface area contributed by atoms with E-state index in [1.807, 2.05) is 24.3 Å². The van der Waals surface area contributed by atoms with Gasteiger partial charge in [0.2, 0.25) is 5.89 Å². The molecule has 6 heteroatoms. The SMILES string of the molecule is Cl.NCC1(c2nc(Cc3ccccc3Cl)no2)CCCC1. The topological polar surface area (TPSA) is 64.9 Å². The fraction of sp³-hybridized carbons (Fsp3) is 0.467. The summed E-state index contributed by atoms with van der Waals surface area (Å²) in [5.74, 6) is 1.37. The van der Waals surface area contributed by atoms with Crippen LogP contribution in [-0.4, -0.2) is 16.7 Å². The van der Waals surface area contributed by atoms with Crippen molar-refractivity contribution in [2.24, 2.45) is 5.73 Å². The van der Waals surface area contributed by atoms with Gasteiger partial charge in [0.05, 0.1) is 5.41 Å². The van der Waals surface area contributed by atoms with Gasteiger partial charge in [0.25, 0.3) is 0 Å². The Balaban J connectivity index is 0.00000161. The summed E-state index contributed by atoms with van der Waals surface area (Å²) in [6, 6.07) is 7.72. The van der Waals surface area contributed by atoms with Crippen LogP contribution in [0, 0.1) is 0 Å². The maximum Gasteiger partial charge on any atom is 0.234 e.